The van der Waals surface area contributed by atoms with Gasteiger partial charge in [-0.15, -0.1) is 0 Å². The number of carbonyl (C=O) groups excluding carboxylic acids is 3. The van der Waals surface area contributed by atoms with Crippen LogP contribution in [-0.4, -0.2) is 29.7 Å². The largest absolute Gasteiger partial charge is 0.487 e. The van der Waals surface area contributed by atoms with Gasteiger partial charge < -0.3 is 15.0 Å². The molecule has 2 aliphatic heterocycles. The van der Waals surface area contributed by atoms with E-state index in [-0.39, 0.29) is 24.0 Å². The van der Waals surface area contributed by atoms with Crippen molar-refractivity contribution in [3.05, 3.63) is 53.6 Å². The first-order chi connectivity index (χ1) is 13.7. The number of amides is 2. The first kappa shape index (κ1) is 19.2. The molecule has 2 amide bonds. The zero-order chi connectivity index (χ0) is 20.8. The molecule has 2 heterocycles. The number of carbonyl (C=O) groups is 3. The number of rotatable bonds is 3. The van der Waals surface area contributed by atoms with E-state index in [9.17, 15) is 14.4 Å². The molecule has 2 aromatic carbocycles. The summed E-state index contributed by atoms with van der Waals surface area (Å²) in [5.74, 6) is -0.201. The van der Waals surface area contributed by atoms with E-state index >= 15 is 0 Å². The average Bonchev–Trinajstić information content (AvgIpc) is 3.04. The van der Waals surface area contributed by atoms with E-state index in [1.54, 1.807) is 23.1 Å². The van der Waals surface area contributed by atoms with E-state index < -0.39 is 11.5 Å². The first-order valence-electron chi connectivity index (χ1n) is 9.76. The van der Waals surface area contributed by atoms with Gasteiger partial charge in [-0.1, -0.05) is 17.7 Å². The van der Waals surface area contributed by atoms with Gasteiger partial charge in [0.05, 0.1) is 17.9 Å². The lowest BCUT2D eigenvalue weighted by Crippen LogP contribution is -2.36. The summed E-state index contributed by atoms with van der Waals surface area (Å²) in [5.41, 5.74) is 2.40. The van der Waals surface area contributed by atoms with Gasteiger partial charge in [-0.05, 0) is 51.1 Å². The number of fused-ring (bicyclic) bond motifs is 1. The number of Topliss-reactive ketones (excluding diaryl/α,β-unsaturated/α-hetero) is 1. The smallest absolute Gasteiger partial charge is 0.229 e. The van der Waals surface area contributed by atoms with E-state index in [1.807, 2.05) is 45.0 Å². The Bertz CT molecular complexity index is 994. The standard InChI is InChI=1S/C23H24N2O4/c1-14-4-7-17(8-5-14)25-13-15(10-21(25)27)22(28)24-16-6-9-20-18(11-16)19(26)12-23(2,3)29-20/h4-9,11,15H,10,12-13H2,1-3H3,(H,24,28). The van der Waals surface area contributed by atoms with Gasteiger partial charge in [0.15, 0.2) is 5.78 Å². The van der Waals surface area contributed by atoms with Crippen LogP contribution in [0, 0.1) is 12.8 Å². The Labute approximate surface area is 169 Å². The van der Waals surface area contributed by atoms with Crippen LogP contribution in [0.3, 0.4) is 0 Å². The monoisotopic (exact) mass is 392 g/mol. The van der Waals surface area contributed by atoms with Crippen molar-refractivity contribution >= 4 is 29.0 Å². The minimum atomic E-state index is -0.529. The van der Waals surface area contributed by atoms with Gasteiger partial charge in [-0.3, -0.25) is 14.4 Å². The fourth-order valence-electron chi connectivity index (χ4n) is 3.83. The third-order valence-corrected chi connectivity index (χ3v) is 5.36. The van der Waals surface area contributed by atoms with Crippen molar-refractivity contribution in [1.82, 2.24) is 0 Å². The molecule has 0 aliphatic carbocycles. The molecule has 1 N–H and O–H groups in total. The van der Waals surface area contributed by atoms with Gasteiger partial charge >= 0.3 is 0 Å². The number of nitrogens with zero attached hydrogens (tertiary/aromatic N) is 1. The van der Waals surface area contributed by atoms with Crippen LogP contribution in [0.15, 0.2) is 42.5 Å². The lowest BCUT2D eigenvalue weighted by Gasteiger charge is -2.31. The molecule has 1 fully saturated rings. The summed E-state index contributed by atoms with van der Waals surface area (Å²) in [5, 5.41) is 2.85. The van der Waals surface area contributed by atoms with Crippen LogP contribution in [0.2, 0.25) is 0 Å². The summed E-state index contributed by atoms with van der Waals surface area (Å²) in [4.78, 5) is 39.2. The summed E-state index contributed by atoms with van der Waals surface area (Å²) in [6.45, 7) is 6.08. The van der Waals surface area contributed by atoms with Crippen molar-refractivity contribution in [2.24, 2.45) is 5.92 Å². The highest BCUT2D eigenvalue weighted by molar-refractivity contribution is 6.05. The Kier molecular flexibility index (Phi) is 4.65. The molecule has 6 heteroatoms. The third kappa shape index (κ3) is 3.88. The van der Waals surface area contributed by atoms with Crippen molar-refractivity contribution in [2.75, 3.05) is 16.8 Å². The number of aryl methyl sites for hydroxylation is 1. The van der Waals surface area contributed by atoms with E-state index in [1.165, 1.54) is 0 Å². The highest BCUT2D eigenvalue weighted by Gasteiger charge is 2.36. The predicted octanol–water partition coefficient (Wildman–Crippen LogP) is 3.73. The fourth-order valence-corrected chi connectivity index (χ4v) is 3.83. The van der Waals surface area contributed by atoms with E-state index in [4.69, 9.17) is 4.74 Å². The van der Waals surface area contributed by atoms with Crippen molar-refractivity contribution < 1.29 is 19.1 Å². The topological polar surface area (TPSA) is 75.7 Å². The molecule has 1 unspecified atom stereocenters. The van der Waals surface area contributed by atoms with Crippen LogP contribution in [0.5, 0.6) is 5.75 Å². The fraction of sp³-hybridized carbons (Fsp3) is 0.348. The zero-order valence-electron chi connectivity index (χ0n) is 16.8. The highest BCUT2D eigenvalue weighted by Crippen LogP contribution is 2.35. The molecular weight excluding hydrogens is 368 g/mol. The molecule has 0 radical (unpaired) electrons. The minimum Gasteiger partial charge on any atom is -0.487 e. The predicted molar refractivity (Wildman–Crippen MR) is 110 cm³/mol. The van der Waals surface area contributed by atoms with Crippen LogP contribution in [0.1, 0.15) is 42.6 Å². The molecule has 2 aromatic rings. The number of nitrogens with one attached hydrogen (secondary N) is 1. The van der Waals surface area contributed by atoms with Crippen LogP contribution in [-0.2, 0) is 9.59 Å². The van der Waals surface area contributed by atoms with E-state index in [2.05, 4.69) is 5.32 Å². The Morgan fingerprint density at radius 3 is 2.59 bits per heavy atom. The number of benzene rings is 2. The molecule has 0 aromatic heterocycles. The number of hydrogen-bond acceptors (Lipinski definition) is 4. The Hall–Kier alpha value is -3.15. The van der Waals surface area contributed by atoms with Crippen LogP contribution < -0.4 is 15.0 Å². The van der Waals surface area contributed by atoms with Gasteiger partial charge in [0.25, 0.3) is 0 Å². The molecule has 0 bridgehead atoms. The average molecular weight is 392 g/mol. The van der Waals surface area contributed by atoms with Crippen molar-refractivity contribution in [3.8, 4) is 5.75 Å². The molecule has 1 saturated heterocycles. The van der Waals surface area contributed by atoms with Gasteiger partial charge in [0.1, 0.15) is 11.4 Å². The maximum absolute atomic E-state index is 12.7. The van der Waals surface area contributed by atoms with Gasteiger partial charge in [-0.25, -0.2) is 0 Å². The van der Waals surface area contributed by atoms with E-state index in [0.29, 0.717) is 30.0 Å². The lowest BCUT2D eigenvalue weighted by atomic mass is 9.93. The summed E-state index contributed by atoms with van der Waals surface area (Å²) in [7, 11) is 0. The normalized spacial score (nSPS) is 20.2. The molecule has 2 aliphatic rings. The molecule has 1 atom stereocenters. The summed E-state index contributed by atoms with van der Waals surface area (Å²) in [6, 6.07) is 12.8. The maximum Gasteiger partial charge on any atom is 0.229 e. The second-order valence-corrected chi connectivity index (χ2v) is 8.40. The SMILES string of the molecule is Cc1ccc(N2CC(C(=O)Nc3ccc4c(c3)C(=O)CC(C)(C)O4)CC2=O)cc1. The second kappa shape index (κ2) is 7.03. The van der Waals surface area contributed by atoms with Gasteiger partial charge in [0.2, 0.25) is 11.8 Å². The summed E-state index contributed by atoms with van der Waals surface area (Å²) < 4.78 is 5.85. The number of hydrogen-bond donors (Lipinski definition) is 1. The Morgan fingerprint density at radius 2 is 1.86 bits per heavy atom. The molecule has 4 rings (SSSR count). The molecular formula is C23H24N2O4. The van der Waals surface area contributed by atoms with Crippen LogP contribution >= 0.6 is 0 Å². The number of ether oxygens (including phenoxy) is 1. The van der Waals surface area contributed by atoms with Gasteiger partial charge in [-0.2, -0.15) is 0 Å². The quantitative estimate of drug-likeness (QED) is 0.864. The number of ketones is 1. The zero-order valence-corrected chi connectivity index (χ0v) is 16.8. The molecule has 29 heavy (non-hydrogen) atoms. The highest BCUT2D eigenvalue weighted by atomic mass is 16.5. The summed E-state index contributed by atoms with van der Waals surface area (Å²) >= 11 is 0. The first-order valence-corrected chi connectivity index (χ1v) is 9.76. The van der Waals surface area contributed by atoms with Crippen LogP contribution in [0.25, 0.3) is 0 Å². The van der Waals surface area contributed by atoms with Crippen molar-refractivity contribution in [2.45, 2.75) is 39.2 Å². The van der Waals surface area contributed by atoms with Crippen molar-refractivity contribution in [3.63, 3.8) is 0 Å². The Balaban J connectivity index is 1.46. The maximum atomic E-state index is 12.7. The van der Waals surface area contributed by atoms with Crippen molar-refractivity contribution in [1.29, 1.82) is 0 Å². The minimum absolute atomic E-state index is 0.00561. The molecule has 0 saturated carbocycles. The number of anilines is 2. The molecule has 0 spiro atoms. The molecule has 150 valence electrons. The lowest BCUT2D eigenvalue weighted by molar-refractivity contribution is -0.122. The van der Waals surface area contributed by atoms with Crippen LogP contribution in [0.4, 0.5) is 11.4 Å². The Morgan fingerprint density at radius 1 is 1.14 bits per heavy atom. The molecule has 6 nitrogen and oxygen atoms in total. The van der Waals surface area contributed by atoms with Gasteiger partial charge in [0, 0.05) is 24.3 Å². The second-order valence-electron chi connectivity index (χ2n) is 8.40. The van der Waals surface area contributed by atoms with E-state index in [0.717, 1.165) is 11.3 Å². The third-order valence-electron chi connectivity index (χ3n) is 5.36. The summed E-state index contributed by atoms with van der Waals surface area (Å²) in [6.07, 6.45) is 0.459.